The van der Waals surface area contributed by atoms with Crippen LogP contribution in [-0.2, 0) is 11.2 Å². The Balaban J connectivity index is 1.13. The van der Waals surface area contributed by atoms with Gasteiger partial charge in [-0.1, -0.05) is 0 Å². The van der Waals surface area contributed by atoms with Gasteiger partial charge in [-0.3, -0.25) is 0 Å². The molecule has 200 valence electrons. The van der Waals surface area contributed by atoms with E-state index in [1.807, 2.05) is 45.3 Å². The number of nitrogens with one attached hydrogen (secondary N) is 1. The number of pyridine rings is 1. The lowest BCUT2D eigenvalue weighted by atomic mass is 10.2. The van der Waals surface area contributed by atoms with E-state index in [1.165, 1.54) is 18.7 Å². The minimum atomic E-state index is -0.485. The summed E-state index contributed by atoms with van der Waals surface area (Å²) in [4.78, 5) is 35.4. The molecule has 38 heavy (non-hydrogen) atoms. The molecule has 1 N–H and O–H groups in total. The summed E-state index contributed by atoms with van der Waals surface area (Å²) < 4.78 is 7.88. The fourth-order valence-electron chi connectivity index (χ4n) is 5.24. The number of aromatic nitrogens is 5. The second-order valence-corrected chi connectivity index (χ2v) is 11.7. The van der Waals surface area contributed by atoms with Crippen LogP contribution in [0.25, 0.3) is 11.4 Å². The Morgan fingerprint density at radius 3 is 2.45 bits per heavy atom. The summed E-state index contributed by atoms with van der Waals surface area (Å²) in [7, 11) is 0. The number of carbonyl (C=O) groups excluding carboxylic acids is 1. The molecule has 4 heterocycles. The number of rotatable bonds is 5. The van der Waals surface area contributed by atoms with Crippen molar-refractivity contribution in [3.8, 4) is 11.4 Å². The number of hydrogen-bond acceptors (Lipinski definition) is 8. The number of nitrogens with zero attached hydrogens (tertiary/aromatic N) is 7. The highest BCUT2D eigenvalue weighted by Crippen LogP contribution is 2.45. The van der Waals surface area contributed by atoms with Crippen molar-refractivity contribution < 1.29 is 9.53 Å². The largest absolute Gasteiger partial charge is 0.444 e. The van der Waals surface area contributed by atoms with E-state index in [-0.39, 0.29) is 6.09 Å². The van der Waals surface area contributed by atoms with E-state index in [0.717, 1.165) is 47.8 Å². The van der Waals surface area contributed by atoms with Gasteiger partial charge in [0.2, 0.25) is 5.95 Å². The molecule has 0 unspecified atom stereocenters. The minimum absolute atomic E-state index is 0.253. The monoisotopic (exact) mass is 516 g/mol. The van der Waals surface area contributed by atoms with E-state index in [9.17, 15) is 4.79 Å². The van der Waals surface area contributed by atoms with Crippen molar-refractivity contribution in [2.75, 3.05) is 36.4 Å². The lowest BCUT2D eigenvalue weighted by Gasteiger charge is -2.36. The summed E-state index contributed by atoms with van der Waals surface area (Å²) in [5.74, 6) is 3.03. The van der Waals surface area contributed by atoms with Gasteiger partial charge >= 0.3 is 6.09 Å². The maximum absolute atomic E-state index is 12.3. The van der Waals surface area contributed by atoms with Crippen LogP contribution in [0, 0.1) is 0 Å². The van der Waals surface area contributed by atoms with Gasteiger partial charge < -0.3 is 24.4 Å². The summed E-state index contributed by atoms with van der Waals surface area (Å²) in [6.45, 7) is 12.8. The number of ether oxygens (including phenoxy) is 1. The fraction of sp³-hybridized carbons (Fsp3) is 0.536. The molecule has 10 nitrogen and oxygen atoms in total. The van der Waals surface area contributed by atoms with Crippen LogP contribution in [-0.4, -0.2) is 67.3 Å². The highest BCUT2D eigenvalue weighted by Gasteiger charge is 2.36. The SMILES string of the molecule is CC(C)n1c(C2CC2)nc2c1-c1nc(Nc3ccc(N4CCN(C(=O)OC(C)(C)C)CC4)cn3)ncc1C2. The Morgan fingerprint density at radius 2 is 1.82 bits per heavy atom. The molecule has 0 spiro atoms. The average molecular weight is 517 g/mol. The van der Waals surface area contributed by atoms with Crippen molar-refractivity contribution in [1.82, 2.24) is 29.4 Å². The predicted octanol–water partition coefficient (Wildman–Crippen LogP) is 4.90. The van der Waals surface area contributed by atoms with Crippen molar-refractivity contribution in [3.05, 3.63) is 41.6 Å². The number of hydrogen-bond donors (Lipinski definition) is 1. The van der Waals surface area contributed by atoms with Crippen molar-refractivity contribution in [2.45, 2.75) is 71.4 Å². The van der Waals surface area contributed by atoms with Gasteiger partial charge in [-0.15, -0.1) is 0 Å². The van der Waals surface area contributed by atoms with Crippen molar-refractivity contribution in [2.24, 2.45) is 0 Å². The molecule has 6 rings (SSSR count). The van der Waals surface area contributed by atoms with Crippen LogP contribution in [0.5, 0.6) is 0 Å². The van der Waals surface area contributed by atoms with Gasteiger partial charge in [0.15, 0.2) is 0 Å². The first kappa shape index (κ1) is 24.6. The van der Waals surface area contributed by atoms with Crippen LogP contribution in [0.1, 0.15) is 76.5 Å². The zero-order valence-electron chi connectivity index (χ0n) is 22.9. The molecule has 2 fully saturated rings. The minimum Gasteiger partial charge on any atom is -0.444 e. The molecule has 10 heteroatoms. The van der Waals surface area contributed by atoms with Crippen LogP contribution in [0.3, 0.4) is 0 Å². The summed E-state index contributed by atoms with van der Waals surface area (Å²) in [6, 6.07) is 4.32. The van der Waals surface area contributed by atoms with E-state index in [4.69, 9.17) is 14.7 Å². The van der Waals surface area contributed by atoms with Crippen molar-refractivity contribution in [1.29, 1.82) is 0 Å². The molecule has 1 aliphatic heterocycles. The molecule has 3 aliphatic rings. The highest BCUT2D eigenvalue weighted by atomic mass is 16.6. The molecular formula is C28H36N8O2. The molecule has 2 aliphatic carbocycles. The van der Waals surface area contributed by atoms with Crippen LogP contribution in [0.15, 0.2) is 24.5 Å². The van der Waals surface area contributed by atoms with Gasteiger partial charge in [0, 0.05) is 56.3 Å². The first-order valence-corrected chi connectivity index (χ1v) is 13.6. The van der Waals surface area contributed by atoms with Crippen molar-refractivity contribution in [3.63, 3.8) is 0 Å². The third-order valence-electron chi connectivity index (χ3n) is 7.20. The third-order valence-corrected chi connectivity index (χ3v) is 7.20. The maximum Gasteiger partial charge on any atom is 0.410 e. The summed E-state index contributed by atoms with van der Waals surface area (Å²) in [5, 5.41) is 3.28. The molecule has 0 atom stereocenters. The quantitative estimate of drug-likeness (QED) is 0.400. The van der Waals surface area contributed by atoms with Gasteiger partial charge in [-0.25, -0.2) is 24.7 Å². The average Bonchev–Trinajstić information content (AvgIpc) is 3.56. The van der Waals surface area contributed by atoms with E-state index >= 15 is 0 Å². The smallest absolute Gasteiger partial charge is 0.410 e. The Bertz CT molecular complexity index is 1350. The van der Waals surface area contributed by atoms with E-state index < -0.39 is 5.60 Å². The molecule has 1 amide bonds. The Hall–Kier alpha value is -3.69. The molecular weight excluding hydrogens is 480 g/mol. The van der Waals surface area contributed by atoms with E-state index in [0.29, 0.717) is 36.8 Å². The molecule has 1 saturated heterocycles. The van der Waals surface area contributed by atoms with Crippen LogP contribution in [0.4, 0.5) is 22.2 Å². The van der Waals surface area contributed by atoms with Crippen LogP contribution < -0.4 is 10.2 Å². The van der Waals surface area contributed by atoms with E-state index in [2.05, 4.69) is 38.6 Å². The summed E-state index contributed by atoms with van der Waals surface area (Å²) in [6.07, 6.45) is 6.76. The molecule has 0 aromatic carbocycles. The third kappa shape index (κ3) is 4.79. The standard InChI is InChI=1S/C28H36N8O2/c1-17(2)36-24-21(31-25(36)18-6-7-18)14-19-15-30-26(33-23(19)24)32-22-9-8-20(16-29-22)34-10-12-35(13-11-34)27(37)38-28(3,4)5/h8-9,15-18H,6-7,10-14H2,1-5H3,(H,29,30,32,33). The lowest BCUT2D eigenvalue weighted by Crippen LogP contribution is -2.50. The van der Waals surface area contributed by atoms with Gasteiger partial charge in [-0.05, 0) is 59.6 Å². The normalized spacial score (nSPS) is 17.0. The zero-order chi connectivity index (χ0) is 26.6. The highest BCUT2D eigenvalue weighted by molar-refractivity contribution is 5.71. The molecule has 0 radical (unpaired) electrons. The first-order valence-electron chi connectivity index (χ1n) is 13.6. The first-order chi connectivity index (χ1) is 18.2. The van der Waals surface area contributed by atoms with Gasteiger partial charge in [0.1, 0.15) is 17.2 Å². The fourth-order valence-corrected chi connectivity index (χ4v) is 5.24. The molecule has 1 saturated carbocycles. The topological polar surface area (TPSA) is 101 Å². The molecule has 3 aromatic heterocycles. The van der Waals surface area contributed by atoms with Gasteiger partial charge in [0.05, 0.1) is 29.0 Å². The van der Waals surface area contributed by atoms with Crippen LogP contribution in [0.2, 0.25) is 0 Å². The molecule has 3 aromatic rings. The van der Waals surface area contributed by atoms with Crippen LogP contribution >= 0.6 is 0 Å². The summed E-state index contributed by atoms with van der Waals surface area (Å²) >= 11 is 0. The second kappa shape index (κ2) is 9.25. The Kier molecular flexibility index (Phi) is 6.00. The number of imidazole rings is 1. The number of anilines is 3. The number of amides is 1. The Labute approximate surface area is 223 Å². The number of carbonyl (C=O) groups is 1. The zero-order valence-corrected chi connectivity index (χ0v) is 22.9. The Morgan fingerprint density at radius 1 is 1.05 bits per heavy atom. The van der Waals surface area contributed by atoms with Gasteiger partial charge in [0.25, 0.3) is 0 Å². The van der Waals surface area contributed by atoms with Crippen molar-refractivity contribution >= 4 is 23.5 Å². The summed E-state index contributed by atoms with van der Waals surface area (Å²) in [5.41, 5.74) is 4.91. The number of fused-ring (bicyclic) bond motifs is 3. The van der Waals surface area contributed by atoms with E-state index in [1.54, 1.807) is 4.90 Å². The number of piperazine rings is 1. The maximum atomic E-state index is 12.3. The second-order valence-electron chi connectivity index (χ2n) is 11.7. The predicted molar refractivity (Wildman–Crippen MR) is 146 cm³/mol. The lowest BCUT2D eigenvalue weighted by molar-refractivity contribution is 0.0240. The van der Waals surface area contributed by atoms with Gasteiger partial charge in [-0.2, -0.15) is 0 Å². The molecule has 0 bridgehead atoms.